The Hall–Kier alpha value is -3.45. The van der Waals surface area contributed by atoms with Crippen molar-refractivity contribution in [3.8, 4) is 22.3 Å². The molecule has 0 radical (unpaired) electrons. The van der Waals surface area contributed by atoms with Gasteiger partial charge >= 0.3 is 0 Å². The second-order valence-corrected chi connectivity index (χ2v) is 7.92. The average Bonchev–Trinajstić information content (AvgIpc) is 2.75. The molecule has 0 aromatic heterocycles. The van der Waals surface area contributed by atoms with Crippen LogP contribution in [0.25, 0.3) is 22.3 Å². The van der Waals surface area contributed by atoms with Gasteiger partial charge in [0.2, 0.25) is 0 Å². The molecule has 0 heterocycles. The van der Waals surface area contributed by atoms with Crippen LogP contribution in [0.15, 0.2) is 84.9 Å². The van der Waals surface area contributed by atoms with Crippen LogP contribution in [-0.2, 0) is 0 Å². The smallest absolute Gasteiger partial charge is 0.193 e. The van der Waals surface area contributed by atoms with Crippen LogP contribution < -0.4 is 0 Å². The molecule has 30 heavy (non-hydrogen) atoms. The van der Waals surface area contributed by atoms with Crippen LogP contribution in [0.2, 0.25) is 0 Å². The van der Waals surface area contributed by atoms with Gasteiger partial charge in [-0.25, -0.2) is 0 Å². The molecule has 0 aliphatic heterocycles. The summed E-state index contributed by atoms with van der Waals surface area (Å²) in [6, 6.07) is 28.7. The van der Waals surface area contributed by atoms with Gasteiger partial charge in [-0.3, -0.25) is 4.79 Å². The maximum absolute atomic E-state index is 13.7. The van der Waals surface area contributed by atoms with Gasteiger partial charge in [-0.05, 0) is 72.2 Å². The summed E-state index contributed by atoms with van der Waals surface area (Å²) < 4.78 is 0. The number of hydrogen-bond acceptors (Lipinski definition) is 1. The minimum atomic E-state index is 0.0827. The van der Waals surface area contributed by atoms with E-state index in [9.17, 15) is 4.79 Å². The predicted molar refractivity (Wildman–Crippen MR) is 126 cm³/mol. The molecule has 0 aliphatic carbocycles. The third kappa shape index (κ3) is 3.48. The van der Waals surface area contributed by atoms with Gasteiger partial charge in [-0.1, -0.05) is 84.9 Å². The van der Waals surface area contributed by atoms with Crippen molar-refractivity contribution in [3.05, 3.63) is 118 Å². The minimum Gasteiger partial charge on any atom is -0.289 e. The van der Waals surface area contributed by atoms with Gasteiger partial charge < -0.3 is 0 Å². The first-order chi connectivity index (χ1) is 14.5. The maximum atomic E-state index is 13.7. The average molecular weight is 391 g/mol. The molecule has 0 fully saturated rings. The summed E-state index contributed by atoms with van der Waals surface area (Å²) in [7, 11) is 0. The molecule has 0 spiro atoms. The van der Waals surface area contributed by atoms with Crippen molar-refractivity contribution in [1.29, 1.82) is 0 Å². The van der Waals surface area contributed by atoms with Crippen LogP contribution in [0.1, 0.15) is 38.2 Å². The van der Waals surface area contributed by atoms with Crippen LogP contribution in [0.3, 0.4) is 0 Å². The molecule has 0 bridgehead atoms. The third-order valence-electron chi connectivity index (χ3n) is 5.96. The van der Waals surface area contributed by atoms with E-state index in [0.29, 0.717) is 0 Å². The topological polar surface area (TPSA) is 17.1 Å². The van der Waals surface area contributed by atoms with Crippen LogP contribution in [0, 0.1) is 27.7 Å². The van der Waals surface area contributed by atoms with Gasteiger partial charge in [0, 0.05) is 11.1 Å². The Bertz CT molecular complexity index is 1120. The fraction of sp³-hybridized carbons (Fsp3) is 0.138. The first-order valence-electron chi connectivity index (χ1n) is 10.3. The second-order valence-electron chi connectivity index (χ2n) is 7.92. The van der Waals surface area contributed by atoms with E-state index in [1.165, 1.54) is 11.1 Å². The lowest BCUT2D eigenvalue weighted by Crippen LogP contribution is -2.09. The monoisotopic (exact) mass is 390 g/mol. The number of aryl methyl sites for hydroxylation is 2. The van der Waals surface area contributed by atoms with Crippen molar-refractivity contribution in [2.45, 2.75) is 27.7 Å². The molecule has 0 saturated heterocycles. The highest BCUT2D eigenvalue weighted by atomic mass is 16.1. The molecule has 4 aromatic rings. The van der Waals surface area contributed by atoms with E-state index in [1.54, 1.807) is 0 Å². The number of hydrogen-bond donors (Lipinski definition) is 0. The highest BCUT2D eigenvalue weighted by Gasteiger charge is 2.20. The van der Waals surface area contributed by atoms with Gasteiger partial charge in [0.15, 0.2) is 5.78 Å². The zero-order valence-electron chi connectivity index (χ0n) is 18.0. The zero-order chi connectivity index (χ0) is 21.3. The van der Waals surface area contributed by atoms with E-state index >= 15 is 0 Å². The number of carbonyl (C=O) groups excluding carboxylic acids is 1. The van der Waals surface area contributed by atoms with Crippen molar-refractivity contribution in [2.75, 3.05) is 0 Å². The zero-order valence-corrected chi connectivity index (χ0v) is 18.0. The minimum absolute atomic E-state index is 0.0827. The molecule has 4 rings (SSSR count). The molecule has 0 atom stereocenters. The predicted octanol–water partition coefficient (Wildman–Crippen LogP) is 7.49. The van der Waals surface area contributed by atoms with Crippen LogP contribution >= 0.6 is 0 Å². The van der Waals surface area contributed by atoms with Crippen molar-refractivity contribution < 1.29 is 4.79 Å². The van der Waals surface area contributed by atoms with E-state index in [1.807, 2.05) is 48.5 Å². The molecule has 0 saturated carbocycles. The largest absolute Gasteiger partial charge is 0.289 e. The van der Waals surface area contributed by atoms with Gasteiger partial charge in [0.05, 0.1) is 0 Å². The lowest BCUT2D eigenvalue weighted by molar-refractivity contribution is 0.103. The molecule has 4 aromatic carbocycles. The normalized spacial score (nSPS) is 10.8. The molecule has 0 N–H and O–H groups in total. The van der Waals surface area contributed by atoms with Gasteiger partial charge in [-0.15, -0.1) is 0 Å². The summed E-state index contributed by atoms with van der Waals surface area (Å²) in [5.74, 6) is 0.0827. The van der Waals surface area contributed by atoms with Crippen molar-refractivity contribution in [1.82, 2.24) is 0 Å². The maximum Gasteiger partial charge on any atom is 0.193 e. The highest BCUT2D eigenvalue weighted by Crippen LogP contribution is 2.33. The van der Waals surface area contributed by atoms with Crippen molar-refractivity contribution >= 4 is 5.78 Å². The molecule has 1 heteroatoms. The van der Waals surface area contributed by atoms with E-state index in [2.05, 4.69) is 64.1 Å². The Morgan fingerprint density at radius 3 is 1.23 bits per heavy atom. The van der Waals surface area contributed by atoms with Crippen molar-refractivity contribution in [2.24, 2.45) is 0 Å². The fourth-order valence-corrected chi connectivity index (χ4v) is 4.43. The molecular weight excluding hydrogens is 364 g/mol. The second kappa shape index (κ2) is 8.12. The number of carbonyl (C=O) groups is 1. The fourth-order valence-electron chi connectivity index (χ4n) is 4.43. The molecule has 0 amide bonds. The lowest BCUT2D eigenvalue weighted by Gasteiger charge is -2.17. The van der Waals surface area contributed by atoms with E-state index in [0.717, 1.165) is 44.5 Å². The van der Waals surface area contributed by atoms with Gasteiger partial charge in [0.25, 0.3) is 0 Å². The Balaban J connectivity index is 1.86. The van der Waals surface area contributed by atoms with Gasteiger partial charge in [-0.2, -0.15) is 0 Å². The Labute approximate surface area is 179 Å². The Morgan fingerprint density at radius 2 is 0.867 bits per heavy atom. The Morgan fingerprint density at radius 1 is 0.500 bits per heavy atom. The summed E-state index contributed by atoms with van der Waals surface area (Å²) in [6.45, 7) is 8.33. The number of ketones is 1. The molecular formula is C29H26O. The van der Waals surface area contributed by atoms with Crippen LogP contribution in [0.5, 0.6) is 0 Å². The van der Waals surface area contributed by atoms with E-state index in [-0.39, 0.29) is 5.78 Å². The summed E-state index contributed by atoms with van der Waals surface area (Å²) in [6.07, 6.45) is 0. The summed E-state index contributed by atoms with van der Waals surface area (Å²) in [5, 5.41) is 0. The summed E-state index contributed by atoms with van der Waals surface area (Å²) in [5.41, 5.74) is 10.6. The van der Waals surface area contributed by atoms with Crippen LogP contribution in [-0.4, -0.2) is 5.78 Å². The summed E-state index contributed by atoms with van der Waals surface area (Å²) >= 11 is 0. The first kappa shape index (κ1) is 19.8. The van der Waals surface area contributed by atoms with Gasteiger partial charge in [0.1, 0.15) is 0 Å². The number of benzene rings is 4. The quantitative estimate of drug-likeness (QED) is 0.330. The van der Waals surface area contributed by atoms with Crippen molar-refractivity contribution in [3.63, 3.8) is 0 Å². The molecule has 1 nitrogen and oxygen atoms in total. The standard InChI is InChI=1S/C29H26O/c1-19-15-17-25(21(3)27(19)23-11-7-5-8-12-23)29(30)26-18-16-20(2)28(22(26)4)24-13-9-6-10-14-24/h5-18H,1-4H3. The first-order valence-corrected chi connectivity index (χ1v) is 10.3. The van der Waals surface area contributed by atoms with E-state index < -0.39 is 0 Å². The molecule has 0 aliphatic rings. The third-order valence-corrected chi connectivity index (χ3v) is 5.96. The Kier molecular flexibility index (Phi) is 5.37. The SMILES string of the molecule is Cc1ccc(C(=O)c2ccc(C)c(-c3ccccc3)c2C)c(C)c1-c1ccccc1. The molecule has 0 unspecified atom stereocenters. The number of rotatable bonds is 4. The lowest BCUT2D eigenvalue weighted by atomic mass is 9.86. The molecule has 148 valence electrons. The summed E-state index contributed by atoms with van der Waals surface area (Å²) in [4.78, 5) is 13.7. The van der Waals surface area contributed by atoms with Crippen LogP contribution in [0.4, 0.5) is 0 Å². The van der Waals surface area contributed by atoms with E-state index in [4.69, 9.17) is 0 Å². The highest BCUT2D eigenvalue weighted by molar-refractivity contribution is 6.12.